The third-order valence-electron chi connectivity index (χ3n) is 3.34. The Morgan fingerprint density at radius 2 is 1.62 bits per heavy atom. The number of benzene rings is 2. The Hall–Kier alpha value is -2.02. The topological polar surface area (TPSA) is 43.4 Å². The molecule has 2 aromatic carbocycles. The summed E-state index contributed by atoms with van der Waals surface area (Å²) in [6.45, 7) is 0.158. The molecule has 3 nitrogen and oxygen atoms in total. The first-order chi connectivity index (χ1) is 11.3. The van der Waals surface area contributed by atoms with E-state index in [-0.39, 0.29) is 23.0 Å². The zero-order chi connectivity index (χ0) is 17.6. The lowest BCUT2D eigenvalue weighted by Gasteiger charge is -2.10. The molecule has 0 aromatic heterocycles. The van der Waals surface area contributed by atoms with Gasteiger partial charge >= 0.3 is 6.18 Å². The number of alkyl halides is 3. The van der Waals surface area contributed by atoms with E-state index in [9.17, 15) is 21.6 Å². The highest BCUT2D eigenvalue weighted by molar-refractivity contribution is 7.91. The zero-order valence-electron chi connectivity index (χ0n) is 12.8. The van der Waals surface area contributed by atoms with Crippen LogP contribution in [0.25, 0.3) is 0 Å². The Morgan fingerprint density at radius 3 is 2.29 bits per heavy atom. The summed E-state index contributed by atoms with van der Waals surface area (Å²) in [6.07, 6.45) is -3.61. The summed E-state index contributed by atoms with van der Waals surface area (Å²) in [5, 5.41) is 0. The van der Waals surface area contributed by atoms with Gasteiger partial charge in [0, 0.05) is 0 Å². The van der Waals surface area contributed by atoms with Gasteiger partial charge in [0.1, 0.15) is 5.75 Å². The molecule has 0 radical (unpaired) electrons. The molecule has 0 atom stereocenters. The van der Waals surface area contributed by atoms with Crippen LogP contribution in [0, 0.1) is 0 Å². The lowest BCUT2D eigenvalue weighted by Crippen LogP contribution is -2.09. The van der Waals surface area contributed by atoms with Crippen LogP contribution in [0.15, 0.2) is 59.5 Å². The quantitative estimate of drug-likeness (QED) is 0.692. The van der Waals surface area contributed by atoms with Gasteiger partial charge in [0.25, 0.3) is 0 Å². The van der Waals surface area contributed by atoms with Crippen LogP contribution in [0.2, 0.25) is 0 Å². The molecule has 24 heavy (non-hydrogen) atoms. The number of rotatable bonds is 7. The summed E-state index contributed by atoms with van der Waals surface area (Å²) in [7, 11) is -3.34. The summed E-state index contributed by atoms with van der Waals surface area (Å²) in [6, 6.07) is 12.7. The largest absolute Gasteiger partial charge is 0.494 e. The highest BCUT2D eigenvalue weighted by Gasteiger charge is 2.30. The van der Waals surface area contributed by atoms with Gasteiger partial charge in [-0.1, -0.05) is 24.3 Å². The summed E-state index contributed by atoms with van der Waals surface area (Å²) >= 11 is 0. The molecule has 0 unspecified atom stereocenters. The maximum atomic E-state index is 12.6. The highest BCUT2D eigenvalue weighted by atomic mass is 32.2. The molecule has 0 bridgehead atoms. The lowest BCUT2D eigenvalue weighted by atomic mass is 10.2. The number of unbranched alkanes of at least 4 members (excludes halogenated alkanes) is 1. The molecule has 0 aliphatic carbocycles. The van der Waals surface area contributed by atoms with Crippen molar-refractivity contribution in [2.24, 2.45) is 0 Å². The Balaban J connectivity index is 1.80. The number of ether oxygens (including phenoxy) is 1. The third kappa shape index (κ3) is 5.26. The van der Waals surface area contributed by atoms with Crippen LogP contribution in [-0.4, -0.2) is 20.8 Å². The van der Waals surface area contributed by atoms with E-state index in [1.165, 1.54) is 24.3 Å². The second kappa shape index (κ2) is 7.70. The van der Waals surface area contributed by atoms with Gasteiger partial charge in [-0.2, -0.15) is 13.2 Å². The molecule has 0 saturated carbocycles. The molecule has 0 fully saturated rings. The van der Waals surface area contributed by atoms with Gasteiger partial charge in [0.2, 0.25) is 0 Å². The normalized spacial score (nSPS) is 12.1. The van der Waals surface area contributed by atoms with E-state index in [1.54, 1.807) is 18.2 Å². The van der Waals surface area contributed by atoms with Crippen molar-refractivity contribution in [3.8, 4) is 5.75 Å². The molecular weight excluding hydrogens is 341 g/mol. The summed E-state index contributed by atoms with van der Waals surface area (Å²) in [4.78, 5) is 0.267. The Morgan fingerprint density at radius 1 is 0.917 bits per heavy atom. The van der Waals surface area contributed by atoms with Crippen molar-refractivity contribution in [3.05, 3.63) is 60.2 Å². The fourth-order valence-electron chi connectivity index (χ4n) is 2.09. The van der Waals surface area contributed by atoms with E-state index in [0.29, 0.717) is 12.8 Å². The molecule has 0 saturated heterocycles. The molecule has 0 spiro atoms. The van der Waals surface area contributed by atoms with Gasteiger partial charge in [-0.25, -0.2) is 8.42 Å². The van der Waals surface area contributed by atoms with E-state index in [2.05, 4.69) is 0 Å². The minimum atomic E-state index is -4.41. The van der Waals surface area contributed by atoms with Gasteiger partial charge in [0.15, 0.2) is 9.84 Å². The predicted octanol–water partition coefficient (Wildman–Crippen LogP) is 4.34. The first-order valence-electron chi connectivity index (χ1n) is 7.37. The minimum Gasteiger partial charge on any atom is -0.494 e. The van der Waals surface area contributed by atoms with Crippen molar-refractivity contribution < 1.29 is 26.3 Å². The molecule has 2 aromatic rings. The average molecular weight is 358 g/mol. The molecule has 0 amide bonds. The van der Waals surface area contributed by atoms with Gasteiger partial charge < -0.3 is 4.74 Å². The number of hydrogen-bond acceptors (Lipinski definition) is 3. The van der Waals surface area contributed by atoms with Crippen LogP contribution in [0.5, 0.6) is 5.75 Å². The van der Waals surface area contributed by atoms with Crippen molar-refractivity contribution >= 4 is 9.84 Å². The van der Waals surface area contributed by atoms with Gasteiger partial charge in [0.05, 0.1) is 22.8 Å². The molecule has 0 aliphatic heterocycles. The summed E-state index contributed by atoms with van der Waals surface area (Å²) in [5.74, 6) is 0.0962. The standard InChI is InChI=1S/C17H17F3O3S/c18-17(19,20)14-7-6-8-15(13-14)23-11-4-5-12-24(21,22)16-9-2-1-3-10-16/h1-3,6-10,13H,4-5,11-12H2. The monoisotopic (exact) mass is 358 g/mol. The average Bonchev–Trinajstić information content (AvgIpc) is 2.55. The number of hydrogen-bond donors (Lipinski definition) is 0. The third-order valence-corrected chi connectivity index (χ3v) is 5.16. The second-order valence-electron chi connectivity index (χ2n) is 5.21. The van der Waals surface area contributed by atoms with Crippen molar-refractivity contribution in [1.82, 2.24) is 0 Å². The molecule has 130 valence electrons. The fraction of sp³-hybridized carbons (Fsp3) is 0.294. The van der Waals surface area contributed by atoms with E-state index < -0.39 is 21.6 Å². The predicted molar refractivity (Wildman–Crippen MR) is 84.7 cm³/mol. The fourth-order valence-corrected chi connectivity index (χ4v) is 3.48. The Bertz CT molecular complexity index is 756. The van der Waals surface area contributed by atoms with Crippen molar-refractivity contribution in [2.45, 2.75) is 23.9 Å². The van der Waals surface area contributed by atoms with E-state index in [4.69, 9.17) is 4.74 Å². The first kappa shape index (κ1) is 18.3. The van der Waals surface area contributed by atoms with Crippen molar-refractivity contribution in [2.75, 3.05) is 12.4 Å². The number of halogens is 3. The second-order valence-corrected chi connectivity index (χ2v) is 7.32. The maximum Gasteiger partial charge on any atom is 0.416 e. The highest BCUT2D eigenvalue weighted by Crippen LogP contribution is 2.31. The van der Waals surface area contributed by atoms with Crippen LogP contribution in [0.1, 0.15) is 18.4 Å². The van der Waals surface area contributed by atoms with Gasteiger partial charge in [-0.15, -0.1) is 0 Å². The van der Waals surface area contributed by atoms with E-state index in [1.807, 2.05) is 0 Å². The van der Waals surface area contributed by atoms with Crippen LogP contribution in [0.4, 0.5) is 13.2 Å². The summed E-state index contributed by atoms with van der Waals surface area (Å²) < 4.78 is 67.1. The SMILES string of the molecule is O=S(=O)(CCCCOc1cccc(C(F)(F)F)c1)c1ccccc1. The zero-order valence-corrected chi connectivity index (χ0v) is 13.6. The molecule has 0 N–H and O–H groups in total. The minimum absolute atomic E-state index is 0.0248. The number of sulfone groups is 1. The van der Waals surface area contributed by atoms with Crippen molar-refractivity contribution in [1.29, 1.82) is 0 Å². The van der Waals surface area contributed by atoms with Crippen molar-refractivity contribution in [3.63, 3.8) is 0 Å². The van der Waals surface area contributed by atoms with Crippen LogP contribution >= 0.6 is 0 Å². The Kier molecular flexibility index (Phi) is 5.88. The first-order valence-corrected chi connectivity index (χ1v) is 9.02. The van der Waals surface area contributed by atoms with Crippen LogP contribution in [0.3, 0.4) is 0 Å². The van der Waals surface area contributed by atoms with Crippen LogP contribution in [-0.2, 0) is 16.0 Å². The van der Waals surface area contributed by atoms with Crippen LogP contribution < -0.4 is 4.74 Å². The molecule has 7 heteroatoms. The van der Waals surface area contributed by atoms with Gasteiger partial charge in [-0.05, 0) is 43.2 Å². The molecule has 0 aliphatic rings. The molecular formula is C17H17F3O3S. The molecule has 2 rings (SSSR count). The Labute approximate surface area is 139 Å². The maximum absolute atomic E-state index is 12.6. The lowest BCUT2D eigenvalue weighted by molar-refractivity contribution is -0.137. The van der Waals surface area contributed by atoms with E-state index in [0.717, 1.165) is 12.1 Å². The molecule has 0 heterocycles. The smallest absolute Gasteiger partial charge is 0.416 e. The summed E-state index contributed by atoms with van der Waals surface area (Å²) in [5.41, 5.74) is -0.772. The van der Waals surface area contributed by atoms with Gasteiger partial charge in [-0.3, -0.25) is 0 Å². The van der Waals surface area contributed by atoms with E-state index >= 15 is 0 Å².